The van der Waals surface area contributed by atoms with Crippen LogP contribution in [0.25, 0.3) is 0 Å². The maximum atomic E-state index is 12.2. The van der Waals surface area contributed by atoms with Crippen LogP contribution in [0.2, 0.25) is 0 Å². The van der Waals surface area contributed by atoms with Gasteiger partial charge in [-0.2, -0.15) is 0 Å². The predicted octanol–water partition coefficient (Wildman–Crippen LogP) is 2.17. The lowest BCUT2D eigenvalue weighted by Crippen LogP contribution is -2.40. The summed E-state index contributed by atoms with van der Waals surface area (Å²) in [6.45, 7) is 7.15. The molecule has 1 aromatic rings. The summed E-state index contributed by atoms with van der Waals surface area (Å²) in [5, 5.41) is 6.61. The second kappa shape index (κ2) is 13.0. The molecule has 1 aromatic carbocycles. The van der Waals surface area contributed by atoms with Gasteiger partial charge in [0.25, 0.3) is 0 Å². The normalized spacial score (nSPS) is 14.2. The number of benzene rings is 1. The molecule has 1 aliphatic heterocycles. The van der Waals surface area contributed by atoms with Crippen molar-refractivity contribution in [1.82, 2.24) is 15.5 Å². The maximum absolute atomic E-state index is 12.2. The van der Waals surface area contributed by atoms with Gasteiger partial charge in [-0.25, -0.2) is 4.99 Å². The molecule has 1 fully saturated rings. The monoisotopic (exact) mass is 390 g/mol. The number of carbonyl (C=O) groups excluding carboxylic acids is 1. The Labute approximate surface area is 168 Å². The van der Waals surface area contributed by atoms with Crippen molar-refractivity contribution in [1.29, 1.82) is 0 Å². The lowest BCUT2D eigenvalue weighted by atomic mass is 10.2. The topological polar surface area (TPSA) is 75.2 Å². The van der Waals surface area contributed by atoms with Gasteiger partial charge in [-0.1, -0.05) is 12.1 Å². The SMILES string of the molecule is CCOCCCNC(=NCc1ccc(OC)cc1)NCCC(=O)N1CCCC1. The number of nitrogens with one attached hydrogen (secondary N) is 2. The summed E-state index contributed by atoms with van der Waals surface area (Å²) in [6.07, 6.45) is 3.64. The first-order valence-corrected chi connectivity index (χ1v) is 10.2. The highest BCUT2D eigenvalue weighted by Gasteiger charge is 2.17. The molecule has 0 bridgehead atoms. The highest BCUT2D eigenvalue weighted by atomic mass is 16.5. The van der Waals surface area contributed by atoms with E-state index in [0.29, 0.717) is 19.5 Å². The number of likely N-dealkylation sites (tertiary alicyclic amines) is 1. The Bertz CT molecular complexity index is 598. The Kier molecular flexibility index (Phi) is 10.2. The van der Waals surface area contributed by atoms with E-state index in [1.54, 1.807) is 7.11 Å². The van der Waals surface area contributed by atoms with Crippen molar-refractivity contribution in [3.05, 3.63) is 29.8 Å². The lowest BCUT2D eigenvalue weighted by Gasteiger charge is -2.16. The second-order valence-electron chi connectivity index (χ2n) is 6.75. The molecule has 1 heterocycles. The van der Waals surface area contributed by atoms with Gasteiger partial charge in [-0.15, -0.1) is 0 Å². The average molecular weight is 391 g/mol. The largest absolute Gasteiger partial charge is 0.497 e. The van der Waals surface area contributed by atoms with Gasteiger partial charge in [-0.3, -0.25) is 4.79 Å². The summed E-state index contributed by atoms with van der Waals surface area (Å²) in [5.74, 6) is 1.78. The van der Waals surface area contributed by atoms with E-state index in [-0.39, 0.29) is 5.91 Å². The minimum atomic E-state index is 0.218. The minimum Gasteiger partial charge on any atom is -0.497 e. The molecule has 0 aromatic heterocycles. The van der Waals surface area contributed by atoms with Crippen LogP contribution in [-0.2, 0) is 16.1 Å². The van der Waals surface area contributed by atoms with Crippen LogP contribution in [0, 0.1) is 0 Å². The number of amides is 1. The standard InChI is InChI=1S/C21H34N4O3/c1-3-28-16-6-12-22-21(23-13-11-20(26)25-14-4-5-15-25)24-17-18-7-9-19(27-2)10-8-18/h7-10H,3-6,11-17H2,1-2H3,(H2,22,23,24). The van der Waals surface area contributed by atoms with Gasteiger partial charge < -0.3 is 25.0 Å². The van der Waals surface area contributed by atoms with Gasteiger partial charge in [0.15, 0.2) is 5.96 Å². The van der Waals surface area contributed by atoms with E-state index in [1.807, 2.05) is 36.1 Å². The summed E-state index contributed by atoms with van der Waals surface area (Å²) in [4.78, 5) is 18.8. The van der Waals surface area contributed by atoms with Crippen LogP contribution in [0.3, 0.4) is 0 Å². The molecule has 1 aliphatic rings. The molecule has 28 heavy (non-hydrogen) atoms. The molecule has 0 saturated carbocycles. The summed E-state index contributed by atoms with van der Waals surface area (Å²) >= 11 is 0. The molecule has 7 heteroatoms. The minimum absolute atomic E-state index is 0.218. The molecule has 0 radical (unpaired) electrons. The third-order valence-corrected chi connectivity index (χ3v) is 4.63. The van der Waals surface area contributed by atoms with Gasteiger partial charge >= 0.3 is 0 Å². The zero-order valence-electron chi connectivity index (χ0n) is 17.2. The molecular formula is C21H34N4O3. The highest BCUT2D eigenvalue weighted by Crippen LogP contribution is 2.12. The van der Waals surface area contributed by atoms with Crippen LogP contribution in [0.4, 0.5) is 0 Å². The highest BCUT2D eigenvalue weighted by molar-refractivity contribution is 5.81. The Morgan fingerprint density at radius 1 is 1.14 bits per heavy atom. The second-order valence-corrected chi connectivity index (χ2v) is 6.75. The molecule has 156 valence electrons. The van der Waals surface area contributed by atoms with E-state index >= 15 is 0 Å². The fourth-order valence-corrected chi connectivity index (χ4v) is 3.01. The fraction of sp³-hybridized carbons (Fsp3) is 0.619. The van der Waals surface area contributed by atoms with Gasteiger partial charge in [0, 0.05) is 45.8 Å². The van der Waals surface area contributed by atoms with E-state index in [4.69, 9.17) is 9.47 Å². The van der Waals surface area contributed by atoms with Crippen molar-refractivity contribution in [2.75, 3.05) is 46.5 Å². The molecular weight excluding hydrogens is 356 g/mol. The van der Waals surface area contributed by atoms with Gasteiger partial charge in [0.05, 0.1) is 13.7 Å². The first-order chi connectivity index (χ1) is 13.7. The zero-order chi connectivity index (χ0) is 20.0. The molecule has 2 rings (SSSR count). The molecule has 7 nitrogen and oxygen atoms in total. The van der Waals surface area contributed by atoms with Crippen LogP contribution in [0.5, 0.6) is 5.75 Å². The first kappa shape index (κ1) is 22.0. The molecule has 1 amide bonds. The third-order valence-electron chi connectivity index (χ3n) is 4.63. The lowest BCUT2D eigenvalue weighted by molar-refractivity contribution is -0.129. The van der Waals surface area contributed by atoms with E-state index in [1.165, 1.54) is 0 Å². The summed E-state index contributed by atoms with van der Waals surface area (Å²) < 4.78 is 10.6. The number of methoxy groups -OCH3 is 1. The molecule has 0 atom stereocenters. The molecule has 0 aliphatic carbocycles. The van der Waals surface area contributed by atoms with Gasteiger partial charge in [-0.05, 0) is 43.9 Å². The first-order valence-electron chi connectivity index (χ1n) is 10.2. The van der Waals surface area contributed by atoms with E-state index in [2.05, 4.69) is 15.6 Å². The number of aliphatic imine (C=N–C) groups is 1. The molecule has 0 unspecified atom stereocenters. The van der Waals surface area contributed by atoms with Crippen LogP contribution < -0.4 is 15.4 Å². The number of rotatable bonds is 11. The van der Waals surface area contributed by atoms with Crippen molar-refractivity contribution >= 4 is 11.9 Å². The number of guanidine groups is 1. The summed E-state index contributed by atoms with van der Waals surface area (Å²) in [7, 11) is 1.66. The third kappa shape index (κ3) is 8.17. The average Bonchev–Trinajstić information content (AvgIpc) is 3.26. The number of nitrogens with zero attached hydrogens (tertiary/aromatic N) is 2. The van der Waals surface area contributed by atoms with E-state index in [0.717, 1.165) is 69.4 Å². The van der Waals surface area contributed by atoms with Gasteiger partial charge in [0.2, 0.25) is 5.91 Å². The predicted molar refractivity (Wildman–Crippen MR) is 112 cm³/mol. The number of hydrogen-bond donors (Lipinski definition) is 2. The quantitative estimate of drug-likeness (QED) is 0.344. The smallest absolute Gasteiger partial charge is 0.224 e. The van der Waals surface area contributed by atoms with Crippen molar-refractivity contribution in [2.45, 2.75) is 39.2 Å². The molecule has 1 saturated heterocycles. The van der Waals surface area contributed by atoms with Crippen molar-refractivity contribution in [3.63, 3.8) is 0 Å². The van der Waals surface area contributed by atoms with Crippen molar-refractivity contribution < 1.29 is 14.3 Å². The van der Waals surface area contributed by atoms with E-state index < -0.39 is 0 Å². The van der Waals surface area contributed by atoms with Gasteiger partial charge in [0.1, 0.15) is 5.75 Å². The van der Waals surface area contributed by atoms with E-state index in [9.17, 15) is 4.79 Å². The number of carbonyl (C=O) groups is 1. The number of hydrogen-bond acceptors (Lipinski definition) is 4. The Morgan fingerprint density at radius 2 is 1.86 bits per heavy atom. The van der Waals surface area contributed by atoms with Crippen LogP contribution in [-0.4, -0.2) is 63.3 Å². The molecule has 2 N–H and O–H groups in total. The van der Waals surface area contributed by atoms with Crippen molar-refractivity contribution in [2.24, 2.45) is 4.99 Å². The van der Waals surface area contributed by atoms with Crippen LogP contribution in [0.15, 0.2) is 29.3 Å². The Hall–Kier alpha value is -2.28. The Morgan fingerprint density at radius 3 is 2.54 bits per heavy atom. The Balaban J connectivity index is 1.82. The fourth-order valence-electron chi connectivity index (χ4n) is 3.01. The zero-order valence-corrected chi connectivity index (χ0v) is 17.2. The summed E-state index contributed by atoms with van der Waals surface area (Å²) in [5.41, 5.74) is 1.10. The number of ether oxygens (including phenoxy) is 2. The van der Waals surface area contributed by atoms with Crippen molar-refractivity contribution in [3.8, 4) is 5.75 Å². The maximum Gasteiger partial charge on any atom is 0.224 e. The van der Waals surface area contributed by atoms with Crippen LogP contribution >= 0.6 is 0 Å². The molecule has 0 spiro atoms. The van der Waals surface area contributed by atoms with Crippen LogP contribution in [0.1, 0.15) is 38.2 Å². The summed E-state index contributed by atoms with van der Waals surface area (Å²) in [6, 6.07) is 7.88.